The number of nitrogens with zero attached hydrogens (tertiary/aromatic N) is 2. The quantitative estimate of drug-likeness (QED) is 0.944. The lowest BCUT2D eigenvalue weighted by atomic mass is 10.0. The zero-order valence-corrected chi connectivity index (χ0v) is 12.4. The summed E-state index contributed by atoms with van der Waals surface area (Å²) in [7, 11) is 0. The van der Waals surface area contributed by atoms with Crippen LogP contribution in [0.3, 0.4) is 0 Å². The maximum atomic E-state index is 12.6. The molecule has 2 aromatic rings. The molecular formula is C18H20N2O2. The lowest BCUT2D eigenvalue weighted by molar-refractivity contribution is -0.134. The average molecular weight is 296 g/mol. The van der Waals surface area contributed by atoms with Crippen molar-refractivity contribution in [1.29, 1.82) is 0 Å². The Balaban J connectivity index is 1.69. The van der Waals surface area contributed by atoms with Crippen LogP contribution in [0.25, 0.3) is 0 Å². The fourth-order valence-corrected chi connectivity index (χ4v) is 3.07. The first-order chi connectivity index (χ1) is 10.8. The Morgan fingerprint density at radius 2 is 1.95 bits per heavy atom. The molecule has 2 atom stereocenters. The van der Waals surface area contributed by atoms with Crippen LogP contribution in [0.2, 0.25) is 0 Å². The number of hydrogen-bond donors (Lipinski definition) is 1. The minimum atomic E-state index is -0.743. The van der Waals surface area contributed by atoms with Crippen molar-refractivity contribution in [2.24, 2.45) is 0 Å². The molecule has 114 valence electrons. The Labute approximate surface area is 130 Å². The van der Waals surface area contributed by atoms with E-state index < -0.39 is 6.10 Å². The SMILES string of the molecule is O=C(CC(O)c1ccccc1)N1CCCC1c1ccncc1. The summed E-state index contributed by atoms with van der Waals surface area (Å²) in [5.41, 5.74) is 1.91. The monoisotopic (exact) mass is 296 g/mol. The molecule has 0 bridgehead atoms. The van der Waals surface area contributed by atoms with Gasteiger partial charge in [0.25, 0.3) is 0 Å². The summed E-state index contributed by atoms with van der Waals surface area (Å²) in [6.07, 6.45) is 4.88. The van der Waals surface area contributed by atoms with Gasteiger partial charge in [-0.3, -0.25) is 9.78 Å². The molecule has 0 radical (unpaired) electrons. The summed E-state index contributed by atoms with van der Waals surface area (Å²) in [5, 5.41) is 10.3. The smallest absolute Gasteiger partial charge is 0.226 e. The molecule has 22 heavy (non-hydrogen) atoms. The van der Waals surface area contributed by atoms with Gasteiger partial charge in [0.1, 0.15) is 0 Å². The third kappa shape index (κ3) is 3.17. The minimum absolute atomic E-state index is 0.00988. The second-order valence-electron chi connectivity index (χ2n) is 5.66. The maximum Gasteiger partial charge on any atom is 0.226 e. The molecule has 1 aliphatic heterocycles. The van der Waals surface area contributed by atoms with Crippen molar-refractivity contribution >= 4 is 5.91 Å². The predicted octanol–water partition coefficient (Wildman–Crippen LogP) is 2.87. The third-order valence-corrected chi connectivity index (χ3v) is 4.22. The zero-order valence-electron chi connectivity index (χ0n) is 12.4. The highest BCUT2D eigenvalue weighted by Gasteiger charge is 2.30. The third-order valence-electron chi connectivity index (χ3n) is 4.22. The molecule has 1 fully saturated rings. The molecule has 2 unspecified atom stereocenters. The summed E-state index contributed by atoms with van der Waals surface area (Å²) >= 11 is 0. The van der Waals surface area contributed by atoms with Crippen molar-refractivity contribution < 1.29 is 9.90 Å². The highest BCUT2D eigenvalue weighted by atomic mass is 16.3. The number of aliphatic hydroxyl groups excluding tert-OH is 1. The Morgan fingerprint density at radius 1 is 1.23 bits per heavy atom. The van der Waals surface area contributed by atoms with Crippen LogP contribution in [0.5, 0.6) is 0 Å². The number of likely N-dealkylation sites (tertiary alicyclic amines) is 1. The van der Waals surface area contributed by atoms with Gasteiger partial charge in [-0.1, -0.05) is 30.3 Å². The Bertz CT molecular complexity index is 615. The minimum Gasteiger partial charge on any atom is -0.388 e. The van der Waals surface area contributed by atoms with Gasteiger partial charge in [0.2, 0.25) is 5.91 Å². The van der Waals surface area contributed by atoms with E-state index in [9.17, 15) is 9.90 Å². The summed E-state index contributed by atoms with van der Waals surface area (Å²) in [6.45, 7) is 0.757. The second-order valence-corrected chi connectivity index (χ2v) is 5.66. The number of amides is 1. The van der Waals surface area contributed by atoms with Gasteiger partial charge < -0.3 is 10.0 Å². The van der Waals surface area contributed by atoms with E-state index >= 15 is 0 Å². The summed E-state index contributed by atoms with van der Waals surface area (Å²) in [6, 6.07) is 13.4. The molecule has 0 saturated carbocycles. The number of carbonyl (C=O) groups excluding carboxylic acids is 1. The van der Waals surface area contributed by atoms with Crippen molar-refractivity contribution in [2.75, 3.05) is 6.54 Å². The standard InChI is InChI=1S/C18H20N2O2/c21-17(15-5-2-1-3-6-15)13-18(22)20-12-4-7-16(20)14-8-10-19-11-9-14/h1-3,5-6,8-11,16-17,21H,4,7,12-13H2. The van der Waals surface area contributed by atoms with Gasteiger partial charge >= 0.3 is 0 Å². The normalized spacial score (nSPS) is 19.1. The summed E-state index contributed by atoms with van der Waals surface area (Å²) in [5.74, 6) is 0.00988. The first-order valence-electron chi connectivity index (χ1n) is 7.68. The van der Waals surface area contributed by atoms with E-state index in [-0.39, 0.29) is 18.4 Å². The molecule has 1 amide bonds. The van der Waals surface area contributed by atoms with Crippen molar-refractivity contribution in [2.45, 2.75) is 31.4 Å². The molecule has 0 aliphatic carbocycles. The van der Waals surface area contributed by atoms with E-state index in [2.05, 4.69) is 4.98 Å². The molecule has 3 rings (SSSR count). The summed E-state index contributed by atoms with van der Waals surface area (Å²) in [4.78, 5) is 18.5. The largest absolute Gasteiger partial charge is 0.388 e. The van der Waals surface area contributed by atoms with Gasteiger partial charge in [0.05, 0.1) is 18.6 Å². The van der Waals surface area contributed by atoms with E-state index in [1.807, 2.05) is 47.4 Å². The van der Waals surface area contributed by atoms with Crippen molar-refractivity contribution in [1.82, 2.24) is 9.88 Å². The molecule has 2 heterocycles. The van der Waals surface area contributed by atoms with Crippen LogP contribution in [0, 0.1) is 0 Å². The van der Waals surface area contributed by atoms with Crippen molar-refractivity contribution in [3.63, 3.8) is 0 Å². The number of aliphatic hydroxyl groups is 1. The van der Waals surface area contributed by atoms with E-state index in [0.29, 0.717) is 0 Å². The van der Waals surface area contributed by atoms with Gasteiger partial charge in [-0.2, -0.15) is 0 Å². The van der Waals surface area contributed by atoms with Crippen LogP contribution in [0.4, 0.5) is 0 Å². The first-order valence-corrected chi connectivity index (χ1v) is 7.68. The number of benzene rings is 1. The fraction of sp³-hybridized carbons (Fsp3) is 0.333. The molecule has 1 saturated heterocycles. The Kier molecular flexibility index (Phi) is 4.49. The number of rotatable bonds is 4. The Morgan fingerprint density at radius 3 is 2.68 bits per heavy atom. The van der Waals surface area contributed by atoms with E-state index in [0.717, 1.165) is 30.5 Å². The van der Waals surface area contributed by atoms with Crippen molar-refractivity contribution in [3.8, 4) is 0 Å². The van der Waals surface area contributed by atoms with Gasteiger partial charge in [0, 0.05) is 18.9 Å². The predicted molar refractivity (Wildman–Crippen MR) is 83.9 cm³/mol. The van der Waals surface area contributed by atoms with E-state index in [4.69, 9.17) is 0 Å². The lowest BCUT2D eigenvalue weighted by Crippen LogP contribution is -2.31. The number of carbonyl (C=O) groups is 1. The highest BCUT2D eigenvalue weighted by molar-refractivity contribution is 5.77. The lowest BCUT2D eigenvalue weighted by Gasteiger charge is -2.26. The highest BCUT2D eigenvalue weighted by Crippen LogP contribution is 2.33. The van der Waals surface area contributed by atoms with Gasteiger partial charge in [-0.05, 0) is 36.1 Å². The number of aromatic nitrogens is 1. The fourth-order valence-electron chi connectivity index (χ4n) is 3.07. The van der Waals surface area contributed by atoms with Crippen LogP contribution in [0.15, 0.2) is 54.9 Å². The van der Waals surface area contributed by atoms with Crippen LogP contribution in [0.1, 0.15) is 42.5 Å². The molecule has 1 N–H and O–H groups in total. The summed E-state index contributed by atoms with van der Waals surface area (Å²) < 4.78 is 0. The molecule has 0 spiro atoms. The van der Waals surface area contributed by atoms with Crippen LogP contribution < -0.4 is 0 Å². The molecule has 4 heteroatoms. The number of hydrogen-bond acceptors (Lipinski definition) is 3. The molecule has 1 aromatic carbocycles. The van der Waals surface area contributed by atoms with Gasteiger partial charge in [0.15, 0.2) is 0 Å². The molecule has 1 aromatic heterocycles. The molecular weight excluding hydrogens is 276 g/mol. The zero-order chi connectivity index (χ0) is 15.4. The first kappa shape index (κ1) is 14.7. The van der Waals surface area contributed by atoms with Crippen LogP contribution in [-0.2, 0) is 4.79 Å². The van der Waals surface area contributed by atoms with Crippen LogP contribution >= 0.6 is 0 Å². The molecule has 1 aliphatic rings. The van der Waals surface area contributed by atoms with Gasteiger partial charge in [-0.15, -0.1) is 0 Å². The Hall–Kier alpha value is -2.20. The maximum absolute atomic E-state index is 12.6. The van der Waals surface area contributed by atoms with E-state index in [1.165, 1.54) is 0 Å². The number of pyridine rings is 1. The average Bonchev–Trinajstić information content (AvgIpc) is 3.06. The topological polar surface area (TPSA) is 53.4 Å². The van der Waals surface area contributed by atoms with Crippen LogP contribution in [-0.4, -0.2) is 27.4 Å². The van der Waals surface area contributed by atoms with E-state index in [1.54, 1.807) is 12.4 Å². The second kappa shape index (κ2) is 6.71. The van der Waals surface area contributed by atoms with Gasteiger partial charge in [-0.25, -0.2) is 0 Å². The van der Waals surface area contributed by atoms with Crippen molar-refractivity contribution in [3.05, 3.63) is 66.0 Å². The molecule has 4 nitrogen and oxygen atoms in total.